The van der Waals surface area contributed by atoms with Gasteiger partial charge in [-0.3, -0.25) is 10.2 Å². The summed E-state index contributed by atoms with van der Waals surface area (Å²) >= 11 is 8.67. The van der Waals surface area contributed by atoms with E-state index in [9.17, 15) is 14.7 Å². The lowest BCUT2D eigenvalue weighted by Gasteiger charge is -2.19. The van der Waals surface area contributed by atoms with E-state index < -0.39 is 12.1 Å². The number of hydrogen-bond donors (Lipinski definition) is 4. The number of hydrazine groups is 1. The van der Waals surface area contributed by atoms with Gasteiger partial charge in [0.15, 0.2) is 0 Å². The van der Waals surface area contributed by atoms with Gasteiger partial charge in [-0.1, -0.05) is 11.6 Å². The summed E-state index contributed by atoms with van der Waals surface area (Å²) in [7, 11) is 0. The molecule has 0 radical (unpaired) electrons. The van der Waals surface area contributed by atoms with Crippen molar-refractivity contribution in [1.29, 1.82) is 0 Å². The van der Waals surface area contributed by atoms with E-state index in [2.05, 4.69) is 16.2 Å². The zero-order chi connectivity index (χ0) is 18.7. The van der Waals surface area contributed by atoms with Crippen molar-refractivity contribution < 1.29 is 14.7 Å². The number of thioether (sulfide) groups is 1. The summed E-state index contributed by atoms with van der Waals surface area (Å²) in [6.45, 7) is 0. The quantitative estimate of drug-likeness (QED) is 0.454. The van der Waals surface area contributed by atoms with Crippen molar-refractivity contribution in [3.63, 3.8) is 0 Å². The number of fused-ring (bicyclic) bond motifs is 1. The average Bonchev–Trinajstić information content (AvgIpc) is 3.02. The van der Waals surface area contributed by atoms with Crippen LogP contribution in [0.25, 0.3) is 0 Å². The summed E-state index contributed by atoms with van der Waals surface area (Å²) in [5.41, 5.74) is 7.08. The number of halogens is 1. The second-order valence-electron chi connectivity index (χ2n) is 5.76. The van der Waals surface area contributed by atoms with E-state index in [1.165, 1.54) is 23.1 Å². The van der Waals surface area contributed by atoms with E-state index in [0.29, 0.717) is 22.0 Å². The SMILES string of the molecule is CSc1sc(C(=O)NNC(=O)Nc2ccc(Cl)cc2)c2c1[C@@H](O)CCC2. The lowest BCUT2D eigenvalue weighted by Crippen LogP contribution is -2.44. The van der Waals surface area contributed by atoms with Gasteiger partial charge in [-0.05, 0) is 55.3 Å². The summed E-state index contributed by atoms with van der Waals surface area (Å²) in [5, 5.41) is 13.4. The number of anilines is 1. The fourth-order valence-electron chi connectivity index (χ4n) is 2.86. The number of benzene rings is 1. The number of hydrogen-bond acceptors (Lipinski definition) is 5. The first-order chi connectivity index (χ1) is 12.5. The Kier molecular flexibility index (Phi) is 6.08. The molecule has 9 heteroatoms. The molecule has 1 aromatic heterocycles. The van der Waals surface area contributed by atoms with Gasteiger partial charge in [0.1, 0.15) is 0 Å². The van der Waals surface area contributed by atoms with Crippen LogP contribution in [0, 0.1) is 0 Å². The van der Waals surface area contributed by atoms with E-state index in [4.69, 9.17) is 11.6 Å². The molecule has 1 heterocycles. The third-order valence-electron chi connectivity index (χ3n) is 4.03. The van der Waals surface area contributed by atoms with Crippen LogP contribution in [0.5, 0.6) is 0 Å². The van der Waals surface area contributed by atoms with Crippen molar-refractivity contribution in [3.05, 3.63) is 45.3 Å². The molecule has 0 fully saturated rings. The number of nitrogens with one attached hydrogen (secondary N) is 3. The molecule has 1 atom stereocenters. The van der Waals surface area contributed by atoms with Crippen LogP contribution >= 0.6 is 34.7 Å². The number of thiophene rings is 1. The minimum absolute atomic E-state index is 0.382. The molecule has 2 aromatic rings. The summed E-state index contributed by atoms with van der Waals surface area (Å²) in [6, 6.07) is 6.07. The second-order valence-corrected chi connectivity index (χ2v) is 8.30. The zero-order valence-electron chi connectivity index (χ0n) is 14.0. The first-order valence-corrected chi connectivity index (χ1v) is 10.4. The van der Waals surface area contributed by atoms with Crippen LogP contribution in [0.4, 0.5) is 10.5 Å². The lowest BCUT2D eigenvalue weighted by molar-refractivity contribution is 0.0940. The van der Waals surface area contributed by atoms with Crippen LogP contribution in [0.3, 0.4) is 0 Å². The van der Waals surface area contributed by atoms with Crippen LogP contribution in [-0.2, 0) is 6.42 Å². The van der Waals surface area contributed by atoms with Gasteiger partial charge in [-0.2, -0.15) is 0 Å². The molecule has 1 aliphatic rings. The number of carbonyl (C=O) groups is 2. The van der Waals surface area contributed by atoms with Gasteiger partial charge in [0.25, 0.3) is 5.91 Å². The lowest BCUT2D eigenvalue weighted by atomic mass is 9.91. The predicted molar refractivity (Wildman–Crippen MR) is 105 cm³/mol. The van der Waals surface area contributed by atoms with Crippen molar-refractivity contribution in [2.45, 2.75) is 29.6 Å². The Balaban J connectivity index is 1.65. The molecule has 0 saturated heterocycles. The van der Waals surface area contributed by atoms with Crippen LogP contribution in [0.15, 0.2) is 28.5 Å². The normalized spacial score (nSPS) is 15.9. The van der Waals surface area contributed by atoms with E-state index in [0.717, 1.165) is 28.2 Å². The number of rotatable bonds is 3. The Morgan fingerprint density at radius 1 is 1.27 bits per heavy atom. The molecule has 1 aliphatic carbocycles. The fourth-order valence-corrected chi connectivity index (χ4v) is 5.08. The number of carbonyl (C=O) groups excluding carboxylic acids is 2. The second kappa shape index (κ2) is 8.30. The highest BCUT2D eigenvalue weighted by molar-refractivity contribution is 8.00. The third-order valence-corrected chi connectivity index (χ3v) is 6.67. The summed E-state index contributed by atoms with van der Waals surface area (Å²) in [4.78, 5) is 25.0. The molecule has 3 rings (SSSR count). The molecule has 26 heavy (non-hydrogen) atoms. The number of aliphatic hydroxyl groups is 1. The number of urea groups is 1. The highest BCUT2D eigenvalue weighted by Crippen LogP contribution is 2.43. The fraction of sp³-hybridized carbons (Fsp3) is 0.294. The predicted octanol–water partition coefficient (Wildman–Crippen LogP) is 3.96. The van der Waals surface area contributed by atoms with E-state index in [-0.39, 0.29) is 5.91 Å². The van der Waals surface area contributed by atoms with Gasteiger partial charge >= 0.3 is 6.03 Å². The van der Waals surface area contributed by atoms with Crippen LogP contribution in [0.1, 0.15) is 39.7 Å². The highest BCUT2D eigenvalue weighted by Gasteiger charge is 2.29. The van der Waals surface area contributed by atoms with Gasteiger partial charge in [0, 0.05) is 16.3 Å². The van der Waals surface area contributed by atoms with Crippen molar-refractivity contribution in [2.75, 3.05) is 11.6 Å². The van der Waals surface area contributed by atoms with Crippen LogP contribution in [0.2, 0.25) is 5.02 Å². The van der Waals surface area contributed by atoms with Gasteiger partial charge < -0.3 is 10.4 Å². The van der Waals surface area contributed by atoms with Gasteiger partial charge in [-0.25, -0.2) is 10.2 Å². The van der Waals surface area contributed by atoms with Gasteiger partial charge in [-0.15, -0.1) is 23.1 Å². The van der Waals surface area contributed by atoms with E-state index >= 15 is 0 Å². The average molecular weight is 412 g/mol. The van der Waals surface area contributed by atoms with Crippen molar-refractivity contribution in [1.82, 2.24) is 10.9 Å². The monoisotopic (exact) mass is 411 g/mol. The largest absolute Gasteiger partial charge is 0.388 e. The maximum atomic E-state index is 12.5. The molecular weight excluding hydrogens is 394 g/mol. The molecule has 138 valence electrons. The molecule has 0 saturated carbocycles. The summed E-state index contributed by atoms with van der Waals surface area (Å²) in [5.74, 6) is -0.382. The smallest absolute Gasteiger partial charge is 0.337 e. The Hall–Kier alpha value is -1.74. The van der Waals surface area contributed by atoms with Gasteiger partial charge in [0.2, 0.25) is 0 Å². The molecule has 4 N–H and O–H groups in total. The van der Waals surface area contributed by atoms with Crippen LogP contribution in [-0.4, -0.2) is 23.3 Å². The van der Waals surface area contributed by atoms with Crippen molar-refractivity contribution >= 4 is 52.3 Å². The summed E-state index contributed by atoms with van der Waals surface area (Å²) in [6.07, 6.45) is 3.69. The Labute approximate surface area is 164 Å². The van der Waals surface area contributed by atoms with Crippen LogP contribution < -0.4 is 16.2 Å². The first-order valence-electron chi connectivity index (χ1n) is 8.00. The standard InChI is InChI=1S/C17H18ClN3O3S2/c1-25-16-13-11(3-2-4-12(13)22)14(26-16)15(23)20-21-17(24)19-10-7-5-9(18)6-8-10/h5-8,12,22H,2-4H2,1H3,(H,20,23)(H2,19,21,24)/t12-/m0/s1. The minimum Gasteiger partial charge on any atom is -0.388 e. The maximum Gasteiger partial charge on any atom is 0.337 e. The number of amides is 3. The molecule has 1 aromatic carbocycles. The van der Waals surface area contributed by atoms with Crippen molar-refractivity contribution in [3.8, 4) is 0 Å². The Bertz CT molecular complexity index is 823. The molecule has 0 bridgehead atoms. The Morgan fingerprint density at radius 3 is 2.69 bits per heavy atom. The van der Waals surface area contributed by atoms with Crippen molar-refractivity contribution in [2.24, 2.45) is 0 Å². The summed E-state index contributed by atoms with van der Waals surface area (Å²) < 4.78 is 0.947. The topological polar surface area (TPSA) is 90.5 Å². The molecule has 0 unspecified atom stereocenters. The molecular formula is C17H18ClN3O3S2. The van der Waals surface area contributed by atoms with E-state index in [1.807, 2.05) is 6.26 Å². The minimum atomic E-state index is -0.559. The first kappa shape index (κ1) is 19.0. The van der Waals surface area contributed by atoms with Gasteiger partial charge in [0.05, 0.1) is 15.2 Å². The van der Waals surface area contributed by atoms with E-state index in [1.54, 1.807) is 24.3 Å². The maximum absolute atomic E-state index is 12.5. The Morgan fingerprint density at radius 2 is 2.00 bits per heavy atom. The molecule has 0 aliphatic heterocycles. The zero-order valence-corrected chi connectivity index (χ0v) is 16.4. The molecule has 0 spiro atoms. The third kappa shape index (κ3) is 4.15. The number of aliphatic hydroxyl groups excluding tert-OH is 1. The highest BCUT2D eigenvalue weighted by atomic mass is 35.5. The molecule has 6 nitrogen and oxygen atoms in total. The molecule has 3 amide bonds.